The molecule has 0 saturated heterocycles. The number of aromatic hydroxyl groups is 1. The number of hydrogen-bond donors (Lipinski definition) is 1. The van der Waals surface area contributed by atoms with Gasteiger partial charge in [0.25, 0.3) is 0 Å². The maximum Gasteiger partial charge on any atom is 0.229 e. The Morgan fingerprint density at radius 3 is 1.72 bits per heavy atom. The van der Waals surface area contributed by atoms with Gasteiger partial charge in [-0.2, -0.15) is 10.2 Å². The first-order chi connectivity index (χ1) is 17.3. The quantitative estimate of drug-likeness (QED) is 0.232. The molecule has 0 aliphatic carbocycles. The van der Waals surface area contributed by atoms with Crippen molar-refractivity contribution in [1.82, 2.24) is 19.6 Å². The molecule has 180 valence electrons. The molecule has 0 radical (unpaired) electrons. The van der Waals surface area contributed by atoms with Crippen molar-refractivity contribution >= 4 is 39.1 Å². The highest BCUT2D eigenvalue weighted by molar-refractivity contribution is 9.10. The zero-order valence-corrected chi connectivity index (χ0v) is 22.3. The van der Waals surface area contributed by atoms with Gasteiger partial charge in [0.05, 0.1) is 39.8 Å². The van der Waals surface area contributed by atoms with Gasteiger partial charge in [0.1, 0.15) is 5.75 Å². The Morgan fingerprint density at radius 2 is 1.25 bits per heavy atom. The number of hydrogen-bond acceptors (Lipinski definition) is 4. The van der Waals surface area contributed by atoms with Crippen LogP contribution in [0.3, 0.4) is 0 Å². The number of benzene rings is 3. The number of fused-ring (bicyclic) bond motifs is 2. The van der Waals surface area contributed by atoms with Crippen LogP contribution in [-0.4, -0.2) is 24.7 Å². The molecule has 0 unspecified atom stereocenters. The number of rotatable bonds is 3. The second-order valence-corrected chi connectivity index (χ2v) is 10.4. The fourth-order valence-electron chi connectivity index (χ4n) is 4.72. The summed E-state index contributed by atoms with van der Waals surface area (Å²) in [6.45, 7) is 3.89. The van der Waals surface area contributed by atoms with E-state index in [9.17, 15) is 5.11 Å². The minimum Gasteiger partial charge on any atom is -0.508 e. The number of aryl methyl sites for hydroxylation is 2. The third-order valence-corrected chi connectivity index (χ3v) is 7.34. The van der Waals surface area contributed by atoms with Crippen LogP contribution in [0.1, 0.15) is 34.0 Å². The van der Waals surface area contributed by atoms with Crippen molar-refractivity contribution in [3.05, 3.63) is 109 Å². The van der Waals surface area contributed by atoms with E-state index in [2.05, 4.69) is 15.9 Å². The summed E-state index contributed by atoms with van der Waals surface area (Å²) in [5.74, 6) is 0.936. The van der Waals surface area contributed by atoms with Gasteiger partial charge in [-0.05, 0) is 80.6 Å². The second-order valence-electron chi connectivity index (χ2n) is 8.62. The Labute approximate surface area is 225 Å². The Hall–Kier alpha value is -3.26. The summed E-state index contributed by atoms with van der Waals surface area (Å²) in [5, 5.41) is 21.9. The van der Waals surface area contributed by atoms with E-state index >= 15 is 0 Å². The van der Waals surface area contributed by atoms with Crippen molar-refractivity contribution in [3.8, 4) is 28.9 Å². The number of aromatic nitrogens is 4. The third kappa shape index (κ3) is 3.70. The second kappa shape index (κ2) is 8.69. The molecule has 6 rings (SSSR count). The molecule has 0 amide bonds. The van der Waals surface area contributed by atoms with Crippen LogP contribution in [0.4, 0.5) is 0 Å². The van der Waals surface area contributed by atoms with Gasteiger partial charge in [0.15, 0.2) is 0 Å². The summed E-state index contributed by atoms with van der Waals surface area (Å²) >= 11 is 15.8. The summed E-state index contributed by atoms with van der Waals surface area (Å²) in [7, 11) is 0. The maximum atomic E-state index is 11.0. The standard InChI is InChI=1S/C27H19BrCl2N4O2/c1-14-23-25(21-13-16(28)3-12-22(21)35)24-15(2)32-34(20-10-6-18(30)7-11-20)27(24)36-26(23)33(31-14)19-8-4-17(29)5-9-19/h3-13,25,35H,1-2H3. The Morgan fingerprint density at radius 1 is 0.778 bits per heavy atom. The third-order valence-electron chi connectivity index (χ3n) is 6.34. The lowest BCUT2D eigenvalue weighted by atomic mass is 9.83. The van der Waals surface area contributed by atoms with Gasteiger partial charge in [0, 0.05) is 20.1 Å². The van der Waals surface area contributed by atoms with E-state index < -0.39 is 0 Å². The van der Waals surface area contributed by atoms with Crippen LogP contribution in [-0.2, 0) is 0 Å². The summed E-state index contributed by atoms with van der Waals surface area (Å²) in [6.07, 6.45) is 0. The van der Waals surface area contributed by atoms with Gasteiger partial charge in [-0.25, -0.2) is 9.36 Å². The van der Waals surface area contributed by atoms with E-state index in [-0.39, 0.29) is 11.7 Å². The molecule has 2 aromatic heterocycles. The molecule has 36 heavy (non-hydrogen) atoms. The molecule has 6 nitrogen and oxygen atoms in total. The van der Waals surface area contributed by atoms with E-state index in [0.29, 0.717) is 21.8 Å². The van der Waals surface area contributed by atoms with E-state index in [0.717, 1.165) is 43.9 Å². The smallest absolute Gasteiger partial charge is 0.229 e. The molecular formula is C27H19BrCl2N4O2. The maximum absolute atomic E-state index is 11.0. The average Bonchev–Trinajstić information content (AvgIpc) is 3.37. The molecule has 0 spiro atoms. The van der Waals surface area contributed by atoms with Crippen molar-refractivity contribution in [2.75, 3.05) is 0 Å². The normalized spacial score (nSPS) is 12.8. The van der Waals surface area contributed by atoms with Gasteiger partial charge in [-0.1, -0.05) is 39.1 Å². The Bertz CT molecular complexity index is 1530. The fraction of sp³-hybridized carbons (Fsp3) is 0.111. The predicted octanol–water partition coefficient (Wildman–Crippen LogP) is 7.74. The summed E-state index contributed by atoms with van der Waals surface area (Å²) in [6, 6.07) is 20.2. The Kier molecular flexibility index (Phi) is 5.59. The van der Waals surface area contributed by atoms with Gasteiger partial charge in [0.2, 0.25) is 11.8 Å². The number of ether oxygens (including phenoxy) is 1. The van der Waals surface area contributed by atoms with E-state index in [4.69, 9.17) is 38.1 Å². The molecule has 0 saturated carbocycles. The minimum absolute atomic E-state index is 0.180. The van der Waals surface area contributed by atoms with E-state index in [1.165, 1.54) is 0 Å². The highest BCUT2D eigenvalue weighted by Gasteiger charge is 2.40. The molecule has 1 N–H and O–H groups in total. The molecule has 1 aliphatic heterocycles. The molecule has 1 aliphatic rings. The van der Waals surface area contributed by atoms with E-state index in [1.807, 2.05) is 74.5 Å². The summed E-state index contributed by atoms with van der Waals surface area (Å²) < 4.78 is 11.0. The SMILES string of the molecule is Cc1nn(-c2ccc(Cl)cc2)c2c1C(c1cc(Br)ccc1O)c1c(C)nn(-c3ccc(Cl)cc3)c1O2. The van der Waals surface area contributed by atoms with Crippen LogP contribution in [0.15, 0.2) is 71.2 Å². The Balaban J connectivity index is 1.65. The van der Waals surface area contributed by atoms with Crippen LogP contribution in [0.2, 0.25) is 10.0 Å². The van der Waals surface area contributed by atoms with Crippen molar-refractivity contribution in [3.63, 3.8) is 0 Å². The molecule has 5 aromatic rings. The highest BCUT2D eigenvalue weighted by Crippen LogP contribution is 2.52. The van der Waals surface area contributed by atoms with Crippen molar-refractivity contribution < 1.29 is 9.84 Å². The lowest BCUT2D eigenvalue weighted by Gasteiger charge is -2.26. The first kappa shape index (κ1) is 23.2. The van der Waals surface area contributed by atoms with Gasteiger partial charge in [-0.3, -0.25) is 0 Å². The largest absolute Gasteiger partial charge is 0.508 e. The predicted molar refractivity (Wildman–Crippen MR) is 143 cm³/mol. The number of phenols is 1. The lowest BCUT2D eigenvalue weighted by Crippen LogP contribution is -2.14. The highest BCUT2D eigenvalue weighted by atomic mass is 79.9. The first-order valence-electron chi connectivity index (χ1n) is 11.2. The monoisotopic (exact) mass is 580 g/mol. The zero-order chi connectivity index (χ0) is 25.1. The number of halogens is 3. The molecular weight excluding hydrogens is 563 g/mol. The zero-order valence-electron chi connectivity index (χ0n) is 19.2. The van der Waals surface area contributed by atoms with Crippen molar-refractivity contribution in [2.24, 2.45) is 0 Å². The molecule has 3 heterocycles. The number of nitrogens with zero attached hydrogens (tertiary/aromatic N) is 4. The fourth-order valence-corrected chi connectivity index (χ4v) is 5.35. The summed E-state index contributed by atoms with van der Waals surface area (Å²) in [4.78, 5) is 0. The van der Waals surface area contributed by atoms with Crippen LogP contribution in [0.5, 0.6) is 17.5 Å². The lowest BCUT2D eigenvalue weighted by molar-refractivity contribution is 0.390. The van der Waals surface area contributed by atoms with E-state index in [1.54, 1.807) is 15.4 Å². The molecule has 3 aromatic carbocycles. The molecule has 0 atom stereocenters. The van der Waals surface area contributed by atoms with Crippen LogP contribution >= 0.6 is 39.1 Å². The summed E-state index contributed by atoms with van der Waals surface area (Å²) in [5.41, 5.74) is 5.64. The minimum atomic E-state index is -0.358. The van der Waals surface area contributed by atoms with Crippen LogP contribution in [0, 0.1) is 13.8 Å². The molecule has 0 bridgehead atoms. The molecule has 9 heteroatoms. The van der Waals surface area contributed by atoms with Gasteiger partial charge in [-0.15, -0.1) is 0 Å². The first-order valence-corrected chi connectivity index (χ1v) is 12.7. The van der Waals surface area contributed by atoms with Crippen molar-refractivity contribution in [1.29, 1.82) is 0 Å². The average molecular weight is 582 g/mol. The van der Waals surface area contributed by atoms with Crippen LogP contribution < -0.4 is 4.74 Å². The number of phenolic OH excluding ortho intramolecular Hbond substituents is 1. The van der Waals surface area contributed by atoms with Gasteiger partial charge < -0.3 is 9.84 Å². The van der Waals surface area contributed by atoms with Gasteiger partial charge >= 0.3 is 0 Å². The topological polar surface area (TPSA) is 65.1 Å². The molecule has 0 fully saturated rings. The van der Waals surface area contributed by atoms with Crippen LogP contribution in [0.25, 0.3) is 11.4 Å². The van der Waals surface area contributed by atoms with Crippen molar-refractivity contribution in [2.45, 2.75) is 19.8 Å².